The van der Waals surface area contributed by atoms with Gasteiger partial charge in [-0.05, 0) is 28.8 Å². The number of H-pyrrole nitrogens is 1. The summed E-state index contributed by atoms with van der Waals surface area (Å²) in [6.45, 7) is 4.77. The van der Waals surface area contributed by atoms with Gasteiger partial charge in [0.15, 0.2) is 0 Å². The van der Waals surface area contributed by atoms with E-state index >= 15 is 0 Å². The summed E-state index contributed by atoms with van der Waals surface area (Å²) < 4.78 is 1.89. The van der Waals surface area contributed by atoms with Crippen LogP contribution in [-0.4, -0.2) is 46.2 Å². The van der Waals surface area contributed by atoms with Crippen molar-refractivity contribution in [2.45, 2.75) is 52.5 Å². The van der Waals surface area contributed by atoms with Gasteiger partial charge in [-0.2, -0.15) is 5.21 Å². The largest absolute Gasteiger partial charge is 0.291 e. The van der Waals surface area contributed by atoms with Crippen LogP contribution in [0, 0.1) is 0 Å². The Hall–Kier alpha value is -3.75. The second kappa shape index (κ2) is 10.0. The number of carbonyl (C=O) groups is 1. The van der Waals surface area contributed by atoms with Crippen molar-refractivity contribution in [1.82, 2.24) is 40.4 Å². The molecule has 0 spiro atoms. The molecule has 4 aromatic rings. The molecule has 0 fully saturated rings. The highest BCUT2D eigenvalue weighted by Crippen LogP contribution is 2.29. The summed E-state index contributed by atoms with van der Waals surface area (Å²) in [6, 6.07) is 10.1. The zero-order valence-corrected chi connectivity index (χ0v) is 18.3. The van der Waals surface area contributed by atoms with E-state index in [1.165, 1.54) is 0 Å². The highest BCUT2D eigenvalue weighted by atomic mass is 16.1. The van der Waals surface area contributed by atoms with Crippen LogP contribution in [0.5, 0.6) is 0 Å². The topological polar surface area (TPSA) is 115 Å². The van der Waals surface area contributed by atoms with E-state index in [1.807, 2.05) is 29.8 Å². The smallest absolute Gasteiger partial charge is 0.217 e. The molecule has 0 bridgehead atoms. The molecule has 0 aliphatic rings. The first-order valence-corrected chi connectivity index (χ1v) is 10.9. The highest BCUT2D eigenvalue weighted by Gasteiger charge is 2.16. The number of hydrogen-bond acceptors (Lipinski definition) is 7. The lowest BCUT2D eigenvalue weighted by atomic mass is 9.99. The number of nitrogens with one attached hydrogen (secondary N) is 1. The van der Waals surface area contributed by atoms with E-state index in [2.05, 4.69) is 54.7 Å². The van der Waals surface area contributed by atoms with Crippen molar-refractivity contribution in [3.63, 3.8) is 0 Å². The minimum atomic E-state index is -0.0265. The summed E-state index contributed by atoms with van der Waals surface area (Å²) in [4.78, 5) is 20.9. The molecule has 0 aliphatic heterocycles. The van der Waals surface area contributed by atoms with Crippen LogP contribution in [0.1, 0.15) is 61.5 Å². The average molecular weight is 431 g/mol. The minimum Gasteiger partial charge on any atom is -0.291 e. The third kappa shape index (κ3) is 4.77. The number of benzene rings is 1. The third-order valence-corrected chi connectivity index (χ3v) is 5.33. The maximum absolute atomic E-state index is 12.1. The number of tetrazole rings is 1. The molecule has 1 aromatic carbocycles. The monoisotopic (exact) mass is 430 g/mol. The highest BCUT2D eigenvalue weighted by molar-refractivity contribution is 5.92. The van der Waals surface area contributed by atoms with Gasteiger partial charge in [0.1, 0.15) is 5.82 Å². The number of carbonyl (C=O) groups excluding carboxylic acids is 1. The van der Waals surface area contributed by atoms with Gasteiger partial charge in [0.2, 0.25) is 17.4 Å². The number of aryl methyl sites for hydroxylation is 1. The maximum atomic E-state index is 12.1. The van der Waals surface area contributed by atoms with Crippen LogP contribution in [0.25, 0.3) is 22.5 Å². The van der Waals surface area contributed by atoms with E-state index in [0.29, 0.717) is 24.5 Å². The van der Waals surface area contributed by atoms with Crippen LogP contribution in [0.4, 0.5) is 0 Å². The lowest BCUT2D eigenvalue weighted by Crippen LogP contribution is -2.07. The first-order chi connectivity index (χ1) is 15.7. The normalized spacial score (nSPS) is 11.1. The van der Waals surface area contributed by atoms with Crippen LogP contribution >= 0.6 is 0 Å². The van der Waals surface area contributed by atoms with Gasteiger partial charge in [-0.25, -0.2) is 9.67 Å². The Balaban J connectivity index is 1.57. The second-order valence-electron chi connectivity index (χ2n) is 7.59. The molecule has 0 radical (unpaired) electrons. The van der Waals surface area contributed by atoms with Crippen molar-refractivity contribution in [1.29, 1.82) is 0 Å². The molecule has 0 unspecified atom stereocenters. The van der Waals surface area contributed by atoms with Gasteiger partial charge >= 0.3 is 0 Å². The Kier molecular flexibility index (Phi) is 6.74. The van der Waals surface area contributed by atoms with Gasteiger partial charge in [0.05, 0.1) is 0 Å². The number of aromatic nitrogens is 8. The van der Waals surface area contributed by atoms with Crippen molar-refractivity contribution in [3.8, 4) is 22.5 Å². The summed E-state index contributed by atoms with van der Waals surface area (Å²) in [7, 11) is 0. The molecule has 0 saturated carbocycles. The Morgan fingerprint density at radius 3 is 2.62 bits per heavy atom. The molecule has 0 amide bonds. The van der Waals surface area contributed by atoms with E-state index < -0.39 is 0 Å². The zero-order valence-electron chi connectivity index (χ0n) is 18.3. The van der Waals surface area contributed by atoms with Crippen molar-refractivity contribution in [2.24, 2.45) is 0 Å². The van der Waals surface area contributed by atoms with E-state index in [4.69, 9.17) is 0 Å². The number of ketones is 1. The van der Waals surface area contributed by atoms with Gasteiger partial charge in [0, 0.05) is 42.9 Å². The molecule has 9 heteroatoms. The molecular weight excluding hydrogens is 404 g/mol. The van der Waals surface area contributed by atoms with E-state index in [9.17, 15) is 4.79 Å². The number of nitrogens with zero attached hydrogens (tertiary/aromatic N) is 7. The number of aromatic amines is 1. The Labute approximate surface area is 186 Å². The Morgan fingerprint density at radius 1 is 1.06 bits per heavy atom. The quantitative estimate of drug-likeness (QED) is 0.300. The van der Waals surface area contributed by atoms with Crippen molar-refractivity contribution in [2.75, 3.05) is 0 Å². The standard InChI is InChI=1S/C23H26N8O/c1-3-5-6-13-31-21(25-23(28-31)20(32)4-2)14-16-7-9-17(10-8-16)19-15-24-12-11-18(19)22-26-29-30-27-22/h7-12,15H,3-6,13-14H2,1-2H3,(H,26,27,29,30). The SMILES string of the molecule is CCCCCn1nc(C(=O)CC)nc1Cc1ccc(-c2cnccc2-c2nn[nH]n2)cc1. The molecule has 3 heterocycles. The first-order valence-electron chi connectivity index (χ1n) is 10.9. The van der Waals surface area contributed by atoms with Crippen LogP contribution < -0.4 is 0 Å². The Morgan fingerprint density at radius 2 is 1.91 bits per heavy atom. The summed E-state index contributed by atoms with van der Waals surface area (Å²) >= 11 is 0. The van der Waals surface area contributed by atoms with Gasteiger partial charge in [-0.3, -0.25) is 9.78 Å². The Bertz CT molecular complexity index is 1170. The summed E-state index contributed by atoms with van der Waals surface area (Å²) in [5.74, 6) is 1.64. The molecule has 1 N–H and O–H groups in total. The summed E-state index contributed by atoms with van der Waals surface area (Å²) in [5, 5.41) is 18.8. The summed E-state index contributed by atoms with van der Waals surface area (Å²) in [5.41, 5.74) is 3.89. The third-order valence-electron chi connectivity index (χ3n) is 5.33. The first kappa shape index (κ1) is 21.5. The molecule has 3 aromatic heterocycles. The van der Waals surface area contributed by atoms with Crippen LogP contribution in [0.2, 0.25) is 0 Å². The zero-order chi connectivity index (χ0) is 22.3. The van der Waals surface area contributed by atoms with Crippen LogP contribution in [0.15, 0.2) is 42.7 Å². The fraction of sp³-hybridized carbons (Fsp3) is 0.348. The average Bonchev–Trinajstić information content (AvgIpc) is 3.50. The molecule has 4 rings (SSSR count). The van der Waals surface area contributed by atoms with Crippen LogP contribution in [0.3, 0.4) is 0 Å². The summed E-state index contributed by atoms with van der Waals surface area (Å²) in [6.07, 6.45) is 7.80. The second-order valence-corrected chi connectivity index (χ2v) is 7.59. The van der Waals surface area contributed by atoms with Gasteiger partial charge in [0.25, 0.3) is 0 Å². The number of rotatable bonds is 10. The van der Waals surface area contributed by atoms with E-state index in [0.717, 1.165) is 53.9 Å². The maximum Gasteiger partial charge on any atom is 0.217 e. The lowest BCUT2D eigenvalue weighted by molar-refractivity contribution is 0.0978. The van der Waals surface area contributed by atoms with Gasteiger partial charge < -0.3 is 0 Å². The number of unbranched alkanes of at least 4 members (excludes halogenated alkanes) is 2. The van der Waals surface area contributed by atoms with Crippen molar-refractivity contribution in [3.05, 3.63) is 59.9 Å². The predicted molar refractivity (Wildman–Crippen MR) is 120 cm³/mol. The van der Waals surface area contributed by atoms with Gasteiger partial charge in [-0.1, -0.05) is 51.0 Å². The number of Topliss-reactive ketones (excluding diaryl/α,β-unsaturated/α-hetero) is 1. The predicted octanol–water partition coefficient (Wildman–Crippen LogP) is 3.89. The fourth-order valence-corrected chi connectivity index (χ4v) is 3.55. The molecular formula is C23H26N8O. The number of pyridine rings is 1. The van der Waals surface area contributed by atoms with Crippen LogP contribution in [-0.2, 0) is 13.0 Å². The molecule has 9 nitrogen and oxygen atoms in total. The molecule has 164 valence electrons. The molecule has 0 atom stereocenters. The minimum absolute atomic E-state index is 0.0265. The van der Waals surface area contributed by atoms with Crippen molar-refractivity contribution >= 4 is 5.78 Å². The number of hydrogen-bond donors (Lipinski definition) is 1. The fourth-order valence-electron chi connectivity index (χ4n) is 3.55. The van der Waals surface area contributed by atoms with Gasteiger partial charge in [-0.15, -0.1) is 15.3 Å². The van der Waals surface area contributed by atoms with E-state index in [1.54, 1.807) is 12.4 Å². The molecule has 0 saturated heterocycles. The van der Waals surface area contributed by atoms with Crippen molar-refractivity contribution < 1.29 is 4.79 Å². The lowest BCUT2D eigenvalue weighted by Gasteiger charge is -2.08. The molecule has 32 heavy (non-hydrogen) atoms. The molecule has 0 aliphatic carbocycles. The van der Waals surface area contributed by atoms with E-state index in [-0.39, 0.29) is 5.78 Å².